The van der Waals surface area contributed by atoms with Crippen LogP contribution in [-0.2, 0) is 21.1 Å². The van der Waals surface area contributed by atoms with Gasteiger partial charge in [-0.05, 0) is 56.5 Å². The molecule has 1 fully saturated rings. The Kier molecular flexibility index (Phi) is 6.52. The van der Waals surface area contributed by atoms with E-state index in [2.05, 4.69) is 29.2 Å². The molecule has 0 atom stereocenters. The highest BCUT2D eigenvalue weighted by molar-refractivity contribution is 7.91. The quantitative estimate of drug-likeness (QED) is 0.540. The Balaban J connectivity index is 1.28. The second kappa shape index (κ2) is 9.62. The number of carbonyl (C=O) groups is 1. The summed E-state index contributed by atoms with van der Waals surface area (Å²) in [6.07, 6.45) is 6.38. The van der Waals surface area contributed by atoms with Crippen LogP contribution >= 0.6 is 0 Å². The zero-order chi connectivity index (χ0) is 25.4. The first-order valence-electron chi connectivity index (χ1n) is 12.2. The van der Waals surface area contributed by atoms with E-state index < -0.39 is 9.84 Å². The van der Waals surface area contributed by atoms with Crippen LogP contribution in [0, 0.1) is 6.92 Å². The van der Waals surface area contributed by atoms with Crippen molar-refractivity contribution in [2.75, 3.05) is 47.9 Å². The summed E-state index contributed by atoms with van der Waals surface area (Å²) in [4.78, 5) is 25.9. The fourth-order valence-corrected chi connectivity index (χ4v) is 5.87. The predicted molar refractivity (Wildman–Crippen MR) is 139 cm³/mol. The van der Waals surface area contributed by atoms with E-state index in [9.17, 15) is 13.2 Å². The minimum absolute atomic E-state index is 0.00205. The van der Waals surface area contributed by atoms with E-state index in [-0.39, 0.29) is 30.0 Å². The number of fused-ring (bicyclic) bond motifs is 1. The first kappa shape index (κ1) is 24.4. The van der Waals surface area contributed by atoms with Crippen LogP contribution in [0.25, 0.3) is 11.3 Å². The molecule has 2 aliphatic heterocycles. The Hall–Kier alpha value is -3.31. The highest BCUT2D eigenvalue weighted by Gasteiger charge is 2.28. The number of aryl methyl sites for hydroxylation is 1. The molecular formula is C25H31N7O3S. The molecular weight excluding hydrogens is 478 g/mol. The number of nitrogens with zero attached hydrogens (tertiary/aromatic N) is 6. The Labute approximate surface area is 211 Å². The lowest BCUT2D eigenvalue weighted by Crippen LogP contribution is -2.46. The van der Waals surface area contributed by atoms with Gasteiger partial charge in [-0.25, -0.2) is 18.4 Å². The second-order valence-corrected chi connectivity index (χ2v) is 12.0. The van der Waals surface area contributed by atoms with Gasteiger partial charge >= 0.3 is 0 Å². The molecule has 0 radical (unpaired) electrons. The summed E-state index contributed by atoms with van der Waals surface area (Å²) in [7, 11) is -2.96. The summed E-state index contributed by atoms with van der Waals surface area (Å²) in [5, 5.41) is 7.72. The van der Waals surface area contributed by atoms with Crippen molar-refractivity contribution < 1.29 is 13.2 Å². The Bertz CT molecular complexity index is 1390. The highest BCUT2D eigenvalue weighted by Crippen LogP contribution is 2.32. The molecule has 0 unspecified atom stereocenters. The summed E-state index contributed by atoms with van der Waals surface area (Å²) < 4.78 is 25.2. The lowest BCUT2D eigenvalue weighted by atomic mass is 10.1. The summed E-state index contributed by atoms with van der Waals surface area (Å²) in [5.41, 5.74) is 5.60. The number of sulfone groups is 1. The van der Waals surface area contributed by atoms with E-state index in [1.165, 1.54) is 0 Å². The Morgan fingerprint density at radius 3 is 2.64 bits per heavy atom. The molecule has 0 bridgehead atoms. The van der Waals surface area contributed by atoms with E-state index in [0.29, 0.717) is 25.6 Å². The molecule has 3 aromatic rings. The predicted octanol–water partition coefficient (Wildman–Crippen LogP) is 2.59. The standard InChI is InChI=1S/C25H31N7O3S/c1-17(2)32-15-20(14-27-32)24-18(3)13-26-25(29-24)28-21-4-5-22-19(12-21)6-7-31(22)23(33)16-30-8-10-36(34,35)11-9-30/h4-5,12-15,17H,6-11,16H2,1-3H3,(H,26,28,29). The molecule has 190 valence electrons. The minimum atomic E-state index is -2.96. The number of amides is 1. The van der Waals surface area contributed by atoms with Crippen LogP contribution in [0.3, 0.4) is 0 Å². The molecule has 0 saturated carbocycles. The van der Waals surface area contributed by atoms with Gasteiger partial charge in [0.15, 0.2) is 9.84 Å². The van der Waals surface area contributed by atoms with Gasteiger partial charge in [-0.1, -0.05) is 0 Å². The molecule has 1 amide bonds. The lowest BCUT2D eigenvalue weighted by Gasteiger charge is -2.28. The van der Waals surface area contributed by atoms with Gasteiger partial charge in [0.1, 0.15) is 0 Å². The third kappa shape index (κ3) is 5.12. The SMILES string of the molecule is Cc1cnc(Nc2ccc3c(c2)CCN3C(=O)CN2CCS(=O)(=O)CC2)nc1-c1cnn(C(C)C)c1. The van der Waals surface area contributed by atoms with E-state index in [1.54, 1.807) is 11.1 Å². The molecule has 10 nitrogen and oxygen atoms in total. The molecule has 5 rings (SSSR count). The normalized spacial score (nSPS) is 17.4. The topological polar surface area (TPSA) is 113 Å². The van der Waals surface area contributed by atoms with Crippen molar-refractivity contribution in [1.82, 2.24) is 24.6 Å². The van der Waals surface area contributed by atoms with Gasteiger partial charge in [0.05, 0.1) is 29.9 Å². The molecule has 2 aromatic heterocycles. The third-order valence-electron chi connectivity index (χ3n) is 6.70. The number of carbonyl (C=O) groups excluding carboxylic acids is 1. The number of hydrogen-bond donors (Lipinski definition) is 1. The van der Waals surface area contributed by atoms with Gasteiger partial charge in [-0.2, -0.15) is 5.10 Å². The molecule has 0 aliphatic carbocycles. The van der Waals surface area contributed by atoms with Gasteiger partial charge in [0.25, 0.3) is 0 Å². The van der Waals surface area contributed by atoms with Crippen molar-refractivity contribution in [1.29, 1.82) is 0 Å². The Morgan fingerprint density at radius 1 is 1.14 bits per heavy atom. The fraction of sp³-hybridized carbons (Fsp3) is 0.440. The number of nitrogens with one attached hydrogen (secondary N) is 1. The lowest BCUT2D eigenvalue weighted by molar-refractivity contribution is -0.119. The van der Waals surface area contributed by atoms with Crippen molar-refractivity contribution in [3.63, 3.8) is 0 Å². The summed E-state index contributed by atoms with van der Waals surface area (Å²) in [6.45, 7) is 7.83. The smallest absolute Gasteiger partial charge is 0.241 e. The highest BCUT2D eigenvalue weighted by atomic mass is 32.2. The summed E-state index contributed by atoms with van der Waals surface area (Å²) in [6, 6.07) is 6.19. The van der Waals surface area contributed by atoms with Crippen LogP contribution in [0.5, 0.6) is 0 Å². The average molecular weight is 510 g/mol. The number of anilines is 3. The molecule has 11 heteroatoms. The zero-order valence-electron chi connectivity index (χ0n) is 20.8. The monoisotopic (exact) mass is 509 g/mol. The first-order chi connectivity index (χ1) is 17.2. The van der Waals surface area contributed by atoms with Crippen LogP contribution in [-0.4, -0.2) is 76.7 Å². The second-order valence-electron chi connectivity index (χ2n) is 9.72. The van der Waals surface area contributed by atoms with Crippen molar-refractivity contribution >= 4 is 33.1 Å². The van der Waals surface area contributed by atoms with Crippen LogP contribution in [0.2, 0.25) is 0 Å². The zero-order valence-corrected chi connectivity index (χ0v) is 21.6. The molecule has 2 aliphatic rings. The summed E-state index contributed by atoms with van der Waals surface area (Å²) in [5.74, 6) is 0.741. The minimum Gasteiger partial charge on any atom is -0.324 e. The molecule has 36 heavy (non-hydrogen) atoms. The number of benzene rings is 1. The number of hydrogen-bond acceptors (Lipinski definition) is 8. The van der Waals surface area contributed by atoms with E-state index in [1.807, 2.05) is 47.1 Å². The first-order valence-corrected chi connectivity index (χ1v) is 14.0. The Morgan fingerprint density at radius 2 is 1.92 bits per heavy atom. The summed E-state index contributed by atoms with van der Waals surface area (Å²) >= 11 is 0. The van der Waals surface area contributed by atoms with E-state index in [4.69, 9.17) is 4.98 Å². The third-order valence-corrected chi connectivity index (χ3v) is 8.31. The molecule has 1 aromatic carbocycles. The molecule has 4 heterocycles. The fourth-order valence-electron chi connectivity index (χ4n) is 4.59. The van der Waals surface area contributed by atoms with Crippen molar-refractivity contribution in [3.05, 3.63) is 47.9 Å². The van der Waals surface area contributed by atoms with Gasteiger partial charge in [0.2, 0.25) is 11.9 Å². The van der Waals surface area contributed by atoms with Gasteiger partial charge < -0.3 is 10.2 Å². The average Bonchev–Trinajstić information content (AvgIpc) is 3.49. The number of aromatic nitrogens is 4. The van der Waals surface area contributed by atoms with E-state index >= 15 is 0 Å². The van der Waals surface area contributed by atoms with E-state index in [0.717, 1.165) is 40.2 Å². The maximum Gasteiger partial charge on any atom is 0.241 e. The maximum atomic E-state index is 13.0. The largest absolute Gasteiger partial charge is 0.324 e. The van der Waals surface area contributed by atoms with Gasteiger partial charge in [-0.15, -0.1) is 0 Å². The van der Waals surface area contributed by atoms with Gasteiger partial charge in [-0.3, -0.25) is 14.4 Å². The number of rotatable bonds is 6. The van der Waals surface area contributed by atoms with Crippen LogP contribution in [0.15, 0.2) is 36.8 Å². The molecule has 0 spiro atoms. The van der Waals surface area contributed by atoms with Crippen molar-refractivity contribution in [2.45, 2.75) is 33.2 Å². The molecule has 1 N–H and O–H groups in total. The van der Waals surface area contributed by atoms with Crippen LogP contribution < -0.4 is 10.2 Å². The van der Waals surface area contributed by atoms with Crippen molar-refractivity contribution in [2.24, 2.45) is 0 Å². The molecule has 1 saturated heterocycles. The maximum absolute atomic E-state index is 13.0. The van der Waals surface area contributed by atoms with Gasteiger partial charge in [0, 0.05) is 55.0 Å². The van der Waals surface area contributed by atoms with Crippen LogP contribution in [0.4, 0.5) is 17.3 Å². The van der Waals surface area contributed by atoms with Crippen LogP contribution in [0.1, 0.15) is 31.0 Å². The van der Waals surface area contributed by atoms with Crippen molar-refractivity contribution in [3.8, 4) is 11.3 Å².